The number of thiophene rings is 1. The quantitative estimate of drug-likeness (QED) is 0.162. The molecule has 5 heteroatoms. The van der Waals surface area contributed by atoms with E-state index in [9.17, 15) is 0 Å². The maximum atomic E-state index is 5.67. The zero-order valence-corrected chi connectivity index (χ0v) is 38.5. The summed E-state index contributed by atoms with van der Waals surface area (Å²) in [5.74, 6) is 1.88. The maximum absolute atomic E-state index is 5.67. The average Bonchev–Trinajstić information content (AvgIpc) is 3.96. The molecule has 15 rings (SSSR count). The monoisotopic (exact) mass is 906 g/mol. The number of hydrogen-bond acceptors (Lipinski definition) is 4. The first-order chi connectivity index (χ1) is 34.7. The van der Waals surface area contributed by atoms with Gasteiger partial charge >= 0.3 is 0 Å². The summed E-state index contributed by atoms with van der Waals surface area (Å²) in [6.45, 7) is 0. The number of nitrogens with zero attached hydrogens (tertiary/aromatic N) is 4. The van der Waals surface area contributed by atoms with Crippen molar-refractivity contribution in [2.75, 3.05) is 0 Å². The van der Waals surface area contributed by atoms with Crippen molar-refractivity contribution in [3.63, 3.8) is 0 Å². The summed E-state index contributed by atoms with van der Waals surface area (Å²) in [6, 6.07) is 83.5. The molecule has 0 atom stereocenters. The molecule has 15 aromatic rings. The molecular formula is C65H38N4S. The van der Waals surface area contributed by atoms with Gasteiger partial charge in [-0.1, -0.05) is 176 Å². The van der Waals surface area contributed by atoms with Gasteiger partial charge in [-0.2, -0.15) is 0 Å². The zero-order valence-electron chi connectivity index (χ0n) is 37.6. The van der Waals surface area contributed by atoms with Crippen molar-refractivity contribution >= 4 is 107 Å². The van der Waals surface area contributed by atoms with Gasteiger partial charge in [0, 0.05) is 58.9 Å². The fourth-order valence-corrected chi connectivity index (χ4v) is 12.4. The van der Waals surface area contributed by atoms with Crippen molar-refractivity contribution in [3.05, 3.63) is 231 Å². The second kappa shape index (κ2) is 15.2. The Morgan fingerprint density at radius 2 is 0.771 bits per heavy atom. The Balaban J connectivity index is 1.08. The third-order valence-electron chi connectivity index (χ3n) is 14.4. The third kappa shape index (κ3) is 5.92. The van der Waals surface area contributed by atoms with Crippen molar-refractivity contribution in [3.8, 4) is 51.0 Å². The van der Waals surface area contributed by atoms with Crippen molar-refractivity contribution in [2.24, 2.45) is 0 Å². The molecule has 0 bridgehead atoms. The third-order valence-corrected chi connectivity index (χ3v) is 15.6. The Morgan fingerprint density at radius 1 is 0.286 bits per heavy atom. The Hall–Kier alpha value is -9.03. The lowest BCUT2D eigenvalue weighted by Crippen LogP contribution is -2.03. The van der Waals surface area contributed by atoms with Gasteiger partial charge in [-0.25, -0.2) is 15.0 Å². The maximum Gasteiger partial charge on any atom is 0.165 e. The average molecular weight is 907 g/mol. The van der Waals surface area contributed by atoms with Crippen LogP contribution < -0.4 is 0 Å². The van der Waals surface area contributed by atoms with Crippen LogP contribution in [0.15, 0.2) is 231 Å². The summed E-state index contributed by atoms with van der Waals surface area (Å²) in [5.41, 5.74) is 8.48. The van der Waals surface area contributed by atoms with E-state index in [-0.39, 0.29) is 0 Å². The number of fused-ring (bicyclic) bond motifs is 11. The molecule has 0 aliphatic carbocycles. The van der Waals surface area contributed by atoms with Gasteiger partial charge in [0.2, 0.25) is 0 Å². The summed E-state index contributed by atoms with van der Waals surface area (Å²) >= 11 is 1.84. The minimum Gasteiger partial charge on any atom is -0.309 e. The molecule has 0 aliphatic heterocycles. The molecule has 4 nitrogen and oxygen atoms in total. The lowest BCUT2D eigenvalue weighted by molar-refractivity contribution is 1.08. The molecule has 0 saturated heterocycles. The lowest BCUT2D eigenvalue weighted by atomic mass is 9.94. The molecule has 0 N–H and O–H groups in total. The van der Waals surface area contributed by atoms with E-state index in [0.29, 0.717) is 17.5 Å². The van der Waals surface area contributed by atoms with Crippen LogP contribution in [0.1, 0.15) is 0 Å². The van der Waals surface area contributed by atoms with Crippen LogP contribution in [-0.2, 0) is 0 Å². The Labute approximate surface area is 406 Å². The van der Waals surface area contributed by atoms with E-state index in [1.807, 2.05) is 11.3 Å². The molecule has 0 radical (unpaired) electrons. The highest BCUT2D eigenvalue weighted by Crippen LogP contribution is 2.46. The van der Waals surface area contributed by atoms with Crippen molar-refractivity contribution < 1.29 is 0 Å². The normalized spacial score (nSPS) is 12.0. The molecule has 0 amide bonds. The molecule has 0 aliphatic rings. The molecule has 3 aromatic heterocycles. The van der Waals surface area contributed by atoms with Gasteiger partial charge in [-0.15, -0.1) is 11.3 Å². The highest BCUT2D eigenvalue weighted by Gasteiger charge is 2.24. The summed E-state index contributed by atoms with van der Waals surface area (Å²) in [4.78, 5) is 16.9. The van der Waals surface area contributed by atoms with Crippen LogP contribution in [0, 0.1) is 0 Å². The second-order valence-electron chi connectivity index (χ2n) is 18.3. The van der Waals surface area contributed by atoms with Crippen LogP contribution in [0.3, 0.4) is 0 Å². The molecule has 0 spiro atoms. The minimum atomic E-state index is 0.613. The fraction of sp³-hybridized carbons (Fsp3) is 0. The topological polar surface area (TPSA) is 43.6 Å². The number of rotatable bonds is 5. The Bertz CT molecular complexity index is 4430. The second-order valence-corrected chi connectivity index (χ2v) is 19.3. The number of hydrogen-bond donors (Lipinski definition) is 0. The van der Waals surface area contributed by atoms with Gasteiger partial charge in [0.1, 0.15) is 0 Å². The molecule has 324 valence electrons. The van der Waals surface area contributed by atoms with E-state index in [1.165, 1.54) is 41.7 Å². The van der Waals surface area contributed by atoms with Crippen molar-refractivity contribution in [1.29, 1.82) is 0 Å². The SMILES string of the molecule is c1ccc2cc3c(cc2c1)c1ccccc1n3-c1ccc(-c2nc(-c3c4ccccc4cc4ccccc34)nc(-c3c4ccccc4cc4ccccc34)n2)c(-c2cccc3c2sc2ccccc23)c1. The smallest absolute Gasteiger partial charge is 0.165 e. The zero-order chi connectivity index (χ0) is 45.9. The predicted octanol–water partition coefficient (Wildman–Crippen LogP) is 17.8. The molecule has 0 unspecified atom stereocenters. The van der Waals surface area contributed by atoms with Gasteiger partial charge in [-0.3, -0.25) is 0 Å². The van der Waals surface area contributed by atoms with E-state index in [1.54, 1.807) is 0 Å². The van der Waals surface area contributed by atoms with E-state index in [2.05, 4.69) is 235 Å². The number of aromatic nitrogens is 4. The Morgan fingerprint density at radius 3 is 1.39 bits per heavy atom. The molecule has 0 saturated carbocycles. The summed E-state index contributed by atoms with van der Waals surface area (Å²) in [7, 11) is 0. The van der Waals surface area contributed by atoms with Gasteiger partial charge in [0.25, 0.3) is 0 Å². The van der Waals surface area contributed by atoms with Crippen LogP contribution in [0.4, 0.5) is 0 Å². The van der Waals surface area contributed by atoms with Gasteiger partial charge < -0.3 is 4.57 Å². The standard InChI is InChI=1S/C65H38N4S/c1-2-17-40-37-58-56(36-39(40)16-1)50-26-11-13-30-57(50)69(58)45-32-33-54(55(38-45)53-29-15-28-52-51-27-12-14-31-59(51)70-62(52)53)63-66-64(60-46-22-7-3-18-41(46)34-42-19-4-8-23-47(42)60)68-65(67-63)61-48-24-9-5-20-43(48)35-44-21-6-10-25-49(44)61/h1-38H. The van der Waals surface area contributed by atoms with Gasteiger partial charge in [0.05, 0.1) is 11.0 Å². The summed E-state index contributed by atoms with van der Waals surface area (Å²) in [6.07, 6.45) is 0. The molecular weight excluding hydrogens is 869 g/mol. The molecule has 0 fully saturated rings. The van der Waals surface area contributed by atoms with Gasteiger partial charge in [-0.05, 0) is 114 Å². The van der Waals surface area contributed by atoms with Crippen LogP contribution >= 0.6 is 11.3 Å². The van der Waals surface area contributed by atoms with Crippen molar-refractivity contribution in [2.45, 2.75) is 0 Å². The van der Waals surface area contributed by atoms with E-state index in [4.69, 9.17) is 15.0 Å². The Kier molecular flexibility index (Phi) is 8.49. The fourth-order valence-electron chi connectivity index (χ4n) is 11.2. The highest BCUT2D eigenvalue weighted by atomic mass is 32.1. The van der Waals surface area contributed by atoms with Crippen LogP contribution in [0.5, 0.6) is 0 Å². The number of para-hydroxylation sites is 1. The van der Waals surface area contributed by atoms with E-state index < -0.39 is 0 Å². The first kappa shape index (κ1) is 39.0. The minimum absolute atomic E-state index is 0.613. The first-order valence-corrected chi connectivity index (χ1v) is 24.6. The number of benzene rings is 12. The van der Waals surface area contributed by atoms with Crippen LogP contribution in [0.2, 0.25) is 0 Å². The molecule has 3 heterocycles. The first-order valence-electron chi connectivity index (χ1n) is 23.8. The molecule has 70 heavy (non-hydrogen) atoms. The molecule has 12 aromatic carbocycles. The lowest BCUT2D eigenvalue weighted by Gasteiger charge is -2.18. The van der Waals surface area contributed by atoms with Crippen LogP contribution in [-0.4, -0.2) is 19.5 Å². The van der Waals surface area contributed by atoms with Gasteiger partial charge in [0.15, 0.2) is 17.5 Å². The largest absolute Gasteiger partial charge is 0.309 e. The highest BCUT2D eigenvalue weighted by molar-refractivity contribution is 7.26. The summed E-state index contributed by atoms with van der Waals surface area (Å²) < 4.78 is 4.92. The van der Waals surface area contributed by atoms with Crippen LogP contribution in [0.25, 0.3) is 147 Å². The van der Waals surface area contributed by atoms with Crippen molar-refractivity contribution in [1.82, 2.24) is 19.5 Å². The predicted molar refractivity (Wildman–Crippen MR) is 296 cm³/mol. The van der Waals surface area contributed by atoms with E-state index in [0.717, 1.165) is 87.6 Å². The summed E-state index contributed by atoms with van der Waals surface area (Å²) in [5, 5.41) is 16.3. The van der Waals surface area contributed by atoms with E-state index >= 15 is 0 Å².